The van der Waals surface area contributed by atoms with E-state index in [4.69, 9.17) is 14.2 Å². The number of carbonyl (C=O) groups is 2. The van der Waals surface area contributed by atoms with Crippen molar-refractivity contribution in [3.8, 4) is 11.5 Å². The van der Waals surface area contributed by atoms with E-state index in [-0.39, 0.29) is 17.1 Å². The summed E-state index contributed by atoms with van der Waals surface area (Å²) in [6, 6.07) is 10.7. The number of esters is 1. The maximum absolute atomic E-state index is 12.6. The number of unbranched alkanes of at least 4 members (excludes halogenated alkanes) is 1. The number of amides is 1. The third-order valence-electron chi connectivity index (χ3n) is 4.61. The molecule has 1 amide bonds. The van der Waals surface area contributed by atoms with Gasteiger partial charge in [0, 0.05) is 18.2 Å². The van der Waals surface area contributed by atoms with Crippen molar-refractivity contribution in [3.05, 3.63) is 48.0 Å². The van der Waals surface area contributed by atoms with Gasteiger partial charge in [-0.15, -0.1) is 0 Å². The zero-order chi connectivity index (χ0) is 22.3. The van der Waals surface area contributed by atoms with E-state index in [1.165, 1.54) is 12.1 Å². The van der Waals surface area contributed by atoms with Gasteiger partial charge in [-0.2, -0.15) is 0 Å². The summed E-state index contributed by atoms with van der Waals surface area (Å²) < 4.78 is 41.1. The molecule has 0 radical (unpaired) electrons. The topological polar surface area (TPSA) is 108 Å². The highest BCUT2D eigenvalue weighted by atomic mass is 32.2. The molecule has 1 aliphatic heterocycles. The van der Waals surface area contributed by atoms with Crippen molar-refractivity contribution in [2.24, 2.45) is 0 Å². The minimum absolute atomic E-state index is 0.0792. The summed E-state index contributed by atoms with van der Waals surface area (Å²) in [6.07, 6.45) is 1.52. The number of ether oxygens (including phenoxy) is 3. The normalized spacial score (nSPS) is 12.8. The molecule has 8 nitrogen and oxygen atoms in total. The number of sulfone groups is 1. The number of rotatable bonds is 9. The van der Waals surface area contributed by atoms with Crippen LogP contribution in [0.25, 0.3) is 0 Å². The lowest BCUT2D eigenvalue weighted by molar-refractivity contribution is -0.115. The fraction of sp³-hybridized carbons (Fsp3) is 0.364. The van der Waals surface area contributed by atoms with Crippen LogP contribution in [0.2, 0.25) is 0 Å². The Morgan fingerprint density at radius 1 is 1.03 bits per heavy atom. The predicted molar refractivity (Wildman–Crippen MR) is 114 cm³/mol. The summed E-state index contributed by atoms with van der Waals surface area (Å²) in [5.74, 6) is -0.331. The molecule has 166 valence electrons. The third-order valence-corrected chi connectivity index (χ3v) is 6.32. The van der Waals surface area contributed by atoms with E-state index in [9.17, 15) is 18.0 Å². The molecule has 0 aliphatic carbocycles. The highest BCUT2D eigenvalue weighted by molar-refractivity contribution is 7.91. The summed E-state index contributed by atoms with van der Waals surface area (Å²) in [5, 5.41) is 2.63. The second-order valence-electron chi connectivity index (χ2n) is 6.99. The molecule has 2 aromatic rings. The Bertz CT molecular complexity index is 1030. The zero-order valence-corrected chi connectivity index (χ0v) is 18.1. The molecule has 0 aromatic heterocycles. The first kappa shape index (κ1) is 22.6. The third kappa shape index (κ3) is 6.21. The molecular weight excluding hydrogens is 422 g/mol. The molecule has 2 aromatic carbocycles. The largest absolute Gasteiger partial charge is 0.486 e. The second kappa shape index (κ2) is 10.3. The van der Waals surface area contributed by atoms with Gasteiger partial charge in [0.15, 0.2) is 21.3 Å². The minimum atomic E-state index is -3.67. The monoisotopic (exact) mass is 447 g/mol. The van der Waals surface area contributed by atoms with Crippen LogP contribution in [0.1, 0.15) is 36.5 Å². The second-order valence-corrected chi connectivity index (χ2v) is 9.10. The Morgan fingerprint density at radius 2 is 1.74 bits per heavy atom. The summed E-state index contributed by atoms with van der Waals surface area (Å²) in [4.78, 5) is 24.2. The molecule has 0 atom stereocenters. The number of hydrogen-bond acceptors (Lipinski definition) is 7. The van der Waals surface area contributed by atoms with Crippen LogP contribution in [0, 0.1) is 0 Å². The average molecular weight is 448 g/mol. The molecule has 1 aliphatic rings. The molecule has 9 heteroatoms. The van der Waals surface area contributed by atoms with Crippen molar-refractivity contribution in [3.63, 3.8) is 0 Å². The van der Waals surface area contributed by atoms with Gasteiger partial charge in [-0.3, -0.25) is 4.79 Å². The maximum Gasteiger partial charge on any atom is 0.338 e. The fourth-order valence-corrected chi connectivity index (χ4v) is 4.12. The van der Waals surface area contributed by atoms with Crippen LogP contribution in [0.15, 0.2) is 47.4 Å². The van der Waals surface area contributed by atoms with E-state index in [0.717, 1.165) is 12.8 Å². The lowest BCUT2D eigenvalue weighted by Crippen LogP contribution is -2.18. The van der Waals surface area contributed by atoms with Crippen molar-refractivity contribution in [1.29, 1.82) is 0 Å². The SMILES string of the molecule is CCCCOC(=O)c1ccc(NC(=O)CCS(=O)(=O)c2ccc3c(c2)OCCO3)cc1. The number of benzene rings is 2. The molecule has 1 N–H and O–H groups in total. The molecule has 0 saturated carbocycles. The fourth-order valence-electron chi connectivity index (χ4n) is 2.87. The van der Waals surface area contributed by atoms with Crippen molar-refractivity contribution in [2.75, 3.05) is 30.9 Å². The average Bonchev–Trinajstić information content (AvgIpc) is 2.78. The number of anilines is 1. The molecule has 31 heavy (non-hydrogen) atoms. The summed E-state index contributed by atoms with van der Waals surface area (Å²) in [5.41, 5.74) is 0.849. The first-order valence-electron chi connectivity index (χ1n) is 10.1. The minimum Gasteiger partial charge on any atom is -0.486 e. The van der Waals surface area contributed by atoms with Crippen molar-refractivity contribution >= 4 is 27.4 Å². The lowest BCUT2D eigenvalue weighted by atomic mass is 10.2. The van der Waals surface area contributed by atoms with E-state index in [2.05, 4.69) is 5.32 Å². The van der Waals surface area contributed by atoms with Gasteiger partial charge in [-0.1, -0.05) is 13.3 Å². The van der Waals surface area contributed by atoms with E-state index < -0.39 is 21.7 Å². The number of hydrogen-bond donors (Lipinski definition) is 1. The van der Waals surface area contributed by atoms with Gasteiger partial charge < -0.3 is 19.5 Å². The van der Waals surface area contributed by atoms with Gasteiger partial charge in [0.2, 0.25) is 5.91 Å². The van der Waals surface area contributed by atoms with Gasteiger partial charge >= 0.3 is 5.97 Å². The van der Waals surface area contributed by atoms with E-state index in [1.807, 2.05) is 6.92 Å². The molecule has 3 rings (SSSR count). The van der Waals surface area contributed by atoms with Crippen LogP contribution in [-0.4, -0.2) is 45.9 Å². The van der Waals surface area contributed by atoms with Gasteiger partial charge in [0.1, 0.15) is 13.2 Å². The van der Waals surface area contributed by atoms with Crippen LogP contribution in [-0.2, 0) is 19.4 Å². The number of nitrogens with one attached hydrogen (secondary N) is 1. The molecule has 0 bridgehead atoms. The molecule has 0 spiro atoms. The Morgan fingerprint density at radius 3 is 2.45 bits per heavy atom. The number of carbonyl (C=O) groups excluding carboxylic acids is 2. The van der Waals surface area contributed by atoms with E-state index >= 15 is 0 Å². The lowest BCUT2D eigenvalue weighted by Gasteiger charge is -2.18. The van der Waals surface area contributed by atoms with Crippen LogP contribution >= 0.6 is 0 Å². The summed E-state index contributed by atoms with van der Waals surface area (Å²) >= 11 is 0. The predicted octanol–water partition coefficient (Wildman–Crippen LogP) is 3.22. The van der Waals surface area contributed by atoms with Crippen LogP contribution < -0.4 is 14.8 Å². The molecule has 0 saturated heterocycles. The van der Waals surface area contributed by atoms with Crippen LogP contribution in [0.5, 0.6) is 11.5 Å². The molecule has 0 unspecified atom stereocenters. The quantitative estimate of drug-likeness (QED) is 0.464. The molecular formula is C22H25NO7S. The van der Waals surface area contributed by atoms with Crippen LogP contribution in [0.4, 0.5) is 5.69 Å². The van der Waals surface area contributed by atoms with Gasteiger partial charge in [-0.05, 0) is 42.8 Å². The summed E-state index contributed by atoms with van der Waals surface area (Å²) in [6.45, 7) is 3.15. The standard InChI is InChI=1S/C22H25NO7S/c1-2-3-11-30-22(25)16-4-6-17(7-5-16)23-21(24)10-14-31(26,27)18-8-9-19-20(15-18)29-13-12-28-19/h4-9,15H,2-3,10-14H2,1H3,(H,23,24). The van der Waals surface area contributed by atoms with Crippen molar-refractivity contribution in [1.82, 2.24) is 0 Å². The summed E-state index contributed by atoms with van der Waals surface area (Å²) in [7, 11) is -3.67. The molecule has 0 fully saturated rings. The first-order valence-corrected chi connectivity index (χ1v) is 11.7. The number of fused-ring (bicyclic) bond motifs is 1. The Kier molecular flexibility index (Phi) is 7.51. The Balaban J connectivity index is 1.53. The van der Waals surface area contributed by atoms with Gasteiger partial charge in [0.05, 0.1) is 22.8 Å². The van der Waals surface area contributed by atoms with E-state index in [1.54, 1.807) is 30.3 Å². The van der Waals surface area contributed by atoms with Crippen LogP contribution in [0.3, 0.4) is 0 Å². The smallest absolute Gasteiger partial charge is 0.338 e. The highest BCUT2D eigenvalue weighted by Gasteiger charge is 2.20. The van der Waals surface area contributed by atoms with Gasteiger partial charge in [-0.25, -0.2) is 13.2 Å². The van der Waals surface area contributed by atoms with Crippen molar-refractivity contribution in [2.45, 2.75) is 31.1 Å². The zero-order valence-electron chi connectivity index (χ0n) is 17.3. The molecule has 1 heterocycles. The Labute approximate surface area is 181 Å². The maximum atomic E-state index is 12.6. The first-order chi connectivity index (χ1) is 14.9. The van der Waals surface area contributed by atoms with E-state index in [0.29, 0.717) is 42.6 Å². The van der Waals surface area contributed by atoms with Crippen molar-refractivity contribution < 1.29 is 32.2 Å². The van der Waals surface area contributed by atoms with Gasteiger partial charge in [0.25, 0.3) is 0 Å². The Hall–Kier alpha value is -3.07. The highest BCUT2D eigenvalue weighted by Crippen LogP contribution is 2.32.